The zero-order valence-electron chi connectivity index (χ0n) is 9.61. The number of nitrogens with zero attached hydrogens (tertiary/aromatic N) is 1. The maximum atomic E-state index is 8.94. The van der Waals surface area contributed by atoms with E-state index >= 15 is 0 Å². The van der Waals surface area contributed by atoms with Crippen LogP contribution < -0.4 is 0 Å². The molecule has 1 N–H and O–H groups in total. The Morgan fingerprint density at radius 3 is 2.40 bits per heavy atom. The highest BCUT2D eigenvalue weighted by molar-refractivity contribution is 5.63. The summed E-state index contributed by atoms with van der Waals surface area (Å²) in [4.78, 5) is 0. The number of rotatable bonds is 5. The SMILES string of the molecule is C=C(C[N+](C)(C)CCO)c1ccccc1. The number of benzene rings is 1. The summed E-state index contributed by atoms with van der Waals surface area (Å²) in [5.41, 5.74) is 2.30. The van der Waals surface area contributed by atoms with Crippen LogP contribution in [-0.4, -0.2) is 43.4 Å². The summed E-state index contributed by atoms with van der Waals surface area (Å²) in [5, 5.41) is 8.94. The molecule has 0 heterocycles. The lowest BCUT2D eigenvalue weighted by atomic mass is 10.1. The third-order valence-electron chi connectivity index (χ3n) is 2.51. The van der Waals surface area contributed by atoms with E-state index in [0.717, 1.165) is 23.1 Å². The molecule has 0 fully saturated rings. The molecule has 0 aromatic heterocycles. The van der Waals surface area contributed by atoms with Crippen molar-refractivity contribution in [3.05, 3.63) is 42.5 Å². The van der Waals surface area contributed by atoms with E-state index in [9.17, 15) is 0 Å². The largest absolute Gasteiger partial charge is 0.391 e. The van der Waals surface area contributed by atoms with Gasteiger partial charge in [0.15, 0.2) is 0 Å². The van der Waals surface area contributed by atoms with Crippen LogP contribution in [0.5, 0.6) is 0 Å². The van der Waals surface area contributed by atoms with Crippen LogP contribution in [-0.2, 0) is 0 Å². The van der Waals surface area contributed by atoms with Crippen molar-refractivity contribution >= 4 is 5.57 Å². The standard InChI is InChI=1S/C13H20NO/c1-12(11-14(2,3)9-10-15)13-7-5-4-6-8-13/h4-8,15H,1,9-11H2,2-3H3/q+1. The van der Waals surface area contributed by atoms with Gasteiger partial charge in [-0.3, -0.25) is 0 Å². The van der Waals surface area contributed by atoms with Gasteiger partial charge in [-0.25, -0.2) is 0 Å². The van der Waals surface area contributed by atoms with Gasteiger partial charge < -0.3 is 9.59 Å². The van der Waals surface area contributed by atoms with Crippen molar-refractivity contribution < 1.29 is 9.59 Å². The van der Waals surface area contributed by atoms with Crippen molar-refractivity contribution in [2.45, 2.75) is 0 Å². The first-order valence-corrected chi connectivity index (χ1v) is 5.21. The lowest BCUT2D eigenvalue weighted by Gasteiger charge is -2.29. The van der Waals surface area contributed by atoms with Gasteiger partial charge in [-0.2, -0.15) is 0 Å². The lowest BCUT2D eigenvalue weighted by Crippen LogP contribution is -2.42. The fraction of sp³-hybridized carbons (Fsp3) is 0.385. The second-order valence-corrected chi connectivity index (χ2v) is 4.51. The second kappa shape index (κ2) is 5.10. The molecule has 0 saturated carbocycles. The van der Waals surface area contributed by atoms with Crippen molar-refractivity contribution in [3.8, 4) is 0 Å². The molecule has 0 unspecified atom stereocenters. The van der Waals surface area contributed by atoms with Crippen LogP contribution in [0.15, 0.2) is 36.9 Å². The van der Waals surface area contributed by atoms with Gasteiger partial charge in [0.1, 0.15) is 13.1 Å². The van der Waals surface area contributed by atoms with E-state index in [0.29, 0.717) is 0 Å². The van der Waals surface area contributed by atoms with E-state index in [4.69, 9.17) is 5.11 Å². The molecular weight excluding hydrogens is 186 g/mol. The van der Waals surface area contributed by atoms with Crippen molar-refractivity contribution in [1.29, 1.82) is 0 Å². The van der Waals surface area contributed by atoms with Gasteiger partial charge in [0, 0.05) is 5.57 Å². The monoisotopic (exact) mass is 206 g/mol. The summed E-state index contributed by atoms with van der Waals surface area (Å²) in [6.07, 6.45) is 0. The van der Waals surface area contributed by atoms with Gasteiger partial charge in [-0.1, -0.05) is 36.9 Å². The predicted molar refractivity (Wildman–Crippen MR) is 64.4 cm³/mol. The molecule has 1 aromatic carbocycles. The average Bonchev–Trinajstić information content (AvgIpc) is 2.18. The molecule has 2 nitrogen and oxygen atoms in total. The molecule has 0 aliphatic rings. The fourth-order valence-electron chi connectivity index (χ4n) is 1.63. The Bertz CT molecular complexity index is 317. The van der Waals surface area contributed by atoms with E-state index in [-0.39, 0.29) is 6.61 Å². The Balaban J connectivity index is 2.64. The van der Waals surface area contributed by atoms with Gasteiger partial charge in [-0.15, -0.1) is 0 Å². The minimum Gasteiger partial charge on any atom is -0.391 e. The topological polar surface area (TPSA) is 20.2 Å². The maximum absolute atomic E-state index is 8.94. The van der Waals surface area contributed by atoms with Crippen LogP contribution in [0.3, 0.4) is 0 Å². The molecule has 0 spiro atoms. The average molecular weight is 206 g/mol. The molecule has 0 aliphatic heterocycles. The van der Waals surface area contributed by atoms with Gasteiger partial charge in [0.2, 0.25) is 0 Å². The molecule has 0 bridgehead atoms. The summed E-state index contributed by atoms with van der Waals surface area (Å²) in [6, 6.07) is 10.2. The number of aliphatic hydroxyl groups is 1. The van der Waals surface area contributed by atoms with Crippen molar-refractivity contribution in [2.24, 2.45) is 0 Å². The van der Waals surface area contributed by atoms with Gasteiger partial charge in [0.05, 0.1) is 20.7 Å². The van der Waals surface area contributed by atoms with Gasteiger partial charge in [-0.05, 0) is 5.56 Å². The minimum atomic E-state index is 0.217. The minimum absolute atomic E-state index is 0.217. The Hall–Kier alpha value is -1.12. The molecule has 2 heteroatoms. The van der Waals surface area contributed by atoms with Crippen molar-refractivity contribution in [2.75, 3.05) is 33.8 Å². The van der Waals surface area contributed by atoms with Crippen LogP contribution in [0, 0.1) is 0 Å². The van der Waals surface area contributed by atoms with Gasteiger partial charge in [0.25, 0.3) is 0 Å². The highest BCUT2D eigenvalue weighted by Crippen LogP contribution is 2.15. The molecular formula is C13H20NO+. The number of hydrogen-bond donors (Lipinski definition) is 1. The molecule has 82 valence electrons. The fourth-order valence-corrected chi connectivity index (χ4v) is 1.63. The summed E-state index contributed by atoms with van der Waals surface area (Å²) in [6.45, 7) is 5.93. The first-order valence-electron chi connectivity index (χ1n) is 5.21. The number of hydrogen-bond acceptors (Lipinski definition) is 1. The summed E-state index contributed by atoms with van der Waals surface area (Å²) >= 11 is 0. The van der Waals surface area contributed by atoms with Crippen LogP contribution in [0.1, 0.15) is 5.56 Å². The second-order valence-electron chi connectivity index (χ2n) is 4.51. The number of likely N-dealkylation sites (N-methyl/N-ethyl adjacent to an activating group) is 1. The molecule has 0 aliphatic carbocycles. The maximum Gasteiger partial charge on any atom is 0.104 e. The Labute approximate surface area is 92.1 Å². The quantitative estimate of drug-likeness (QED) is 0.728. The third kappa shape index (κ3) is 3.86. The highest BCUT2D eigenvalue weighted by Gasteiger charge is 2.16. The van der Waals surface area contributed by atoms with Crippen molar-refractivity contribution in [1.82, 2.24) is 0 Å². The molecule has 0 atom stereocenters. The van der Waals surface area contributed by atoms with E-state index < -0.39 is 0 Å². The Kier molecular flexibility index (Phi) is 4.06. The summed E-state index contributed by atoms with van der Waals surface area (Å²) < 4.78 is 0.768. The molecule has 1 rings (SSSR count). The van der Waals surface area contributed by atoms with Crippen LogP contribution >= 0.6 is 0 Å². The van der Waals surface area contributed by atoms with Crippen molar-refractivity contribution in [3.63, 3.8) is 0 Å². The number of quaternary nitrogens is 1. The normalized spacial score (nSPS) is 11.4. The van der Waals surface area contributed by atoms with Gasteiger partial charge >= 0.3 is 0 Å². The zero-order chi connectivity index (χ0) is 11.3. The molecule has 15 heavy (non-hydrogen) atoms. The molecule has 0 amide bonds. The highest BCUT2D eigenvalue weighted by atomic mass is 16.3. The molecule has 0 saturated heterocycles. The zero-order valence-corrected chi connectivity index (χ0v) is 9.61. The number of aliphatic hydroxyl groups excluding tert-OH is 1. The van der Waals surface area contributed by atoms with E-state index in [1.165, 1.54) is 5.56 Å². The van der Waals surface area contributed by atoms with E-state index in [1.807, 2.05) is 18.2 Å². The Morgan fingerprint density at radius 2 is 1.87 bits per heavy atom. The Morgan fingerprint density at radius 1 is 1.27 bits per heavy atom. The first-order chi connectivity index (χ1) is 7.05. The van der Waals surface area contributed by atoms with Crippen LogP contribution in [0.2, 0.25) is 0 Å². The third-order valence-corrected chi connectivity index (χ3v) is 2.51. The summed E-state index contributed by atoms with van der Waals surface area (Å²) in [7, 11) is 4.20. The van der Waals surface area contributed by atoms with Crippen LogP contribution in [0.4, 0.5) is 0 Å². The summed E-state index contributed by atoms with van der Waals surface area (Å²) in [5.74, 6) is 0. The van der Waals surface area contributed by atoms with E-state index in [1.54, 1.807) is 0 Å². The molecule has 1 aromatic rings. The smallest absolute Gasteiger partial charge is 0.104 e. The molecule has 0 radical (unpaired) electrons. The lowest BCUT2D eigenvalue weighted by molar-refractivity contribution is -0.883. The van der Waals surface area contributed by atoms with Crippen LogP contribution in [0.25, 0.3) is 5.57 Å². The first kappa shape index (κ1) is 12.0. The van der Waals surface area contributed by atoms with E-state index in [2.05, 4.69) is 32.8 Å². The predicted octanol–water partition coefficient (Wildman–Crippen LogP) is 1.77.